The molecule has 0 spiro atoms. The number of halogens is 2. The first kappa shape index (κ1) is 8.69. The third-order valence-corrected chi connectivity index (χ3v) is 1.89. The molecule has 3 heteroatoms. The van der Waals surface area contributed by atoms with Gasteiger partial charge in [-0.3, -0.25) is 0 Å². The van der Waals surface area contributed by atoms with Gasteiger partial charge in [-0.15, -0.1) is 0 Å². The average molecular weight is 189 g/mol. The van der Waals surface area contributed by atoms with E-state index < -0.39 is 0 Å². The summed E-state index contributed by atoms with van der Waals surface area (Å²) in [4.78, 5) is 0. The van der Waals surface area contributed by atoms with Crippen LogP contribution in [0.15, 0.2) is 28.4 Å². The Labute approximate surface area is 76.4 Å². The number of dihydropyridines is 1. The molecule has 0 saturated carbocycles. The molecular formula is C8H8Cl2N. The molecule has 1 nitrogen and oxygen atoms in total. The van der Waals surface area contributed by atoms with Gasteiger partial charge in [0.1, 0.15) is 5.16 Å². The zero-order valence-electron chi connectivity index (χ0n) is 5.90. The van der Waals surface area contributed by atoms with Crippen molar-refractivity contribution in [3.8, 4) is 0 Å². The van der Waals surface area contributed by atoms with E-state index in [9.17, 15) is 0 Å². The highest BCUT2D eigenvalue weighted by Gasteiger charge is 2.02. The summed E-state index contributed by atoms with van der Waals surface area (Å²) < 4.78 is 0. The molecular weight excluding hydrogens is 181 g/mol. The predicted molar refractivity (Wildman–Crippen MR) is 48.3 cm³/mol. The summed E-state index contributed by atoms with van der Waals surface area (Å²) in [6.07, 6.45) is 7.49. The van der Waals surface area contributed by atoms with Crippen molar-refractivity contribution in [2.75, 3.05) is 6.54 Å². The van der Waals surface area contributed by atoms with Crippen molar-refractivity contribution >= 4 is 23.2 Å². The van der Waals surface area contributed by atoms with Gasteiger partial charge >= 0.3 is 0 Å². The quantitative estimate of drug-likeness (QED) is 0.658. The summed E-state index contributed by atoms with van der Waals surface area (Å²) in [5, 5.41) is 3.66. The van der Waals surface area contributed by atoms with Crippen molar-refractivity contribution < 1.29 is 0 Å². The van der Waals surface area contributed by atoms with E-state index in [4.69, 9.17) is 23.2 Å². The number of allylic oxidation sites excluding steroid dienone is 3. The van der Waals surface area contributed by atoms with E-state index in [1.807, 2.05) is 12.2 Å². The van der Waals surface area contributed by atoms with Crippen LogP contribution in [0.25, 0.3) is 0 Å². The zero-order chi connectivity index (χ0) is 8.10. The maximum atomic E-state index is 5.84. The number of hydrogen-bond donors (Lipinski definition) is 1. The molecule has 0 saturated heterocycles. The van der Waals surface area contributed by atoms with Crippen molar-refractivity contribution in [3.05, 3.63) is 34.5 Å². The Bertz CT molecular complexity index is 216. The Kier molecular flexibility index (Phi) is 3.53. The van der Waals surface area contributed by atoms with Gasteiger partial charge in [-0.25, -0.2) is 0 Å². The second kappa shape index (κ2) is 4.47. The van der Waals surface area contributed by atoms with Gasteiger partial charge in [0.15, 0.2) is 0 Å². The summed E-state index contributed by atoms with van der Waals surface area (Å²) in [5.74, 6) is 0. The lowest BCUT2D eigenvalue weighted by Crippen LogP contribution is -2.14. The molecule has 0 fully saturated rings. The van der Waals surface area contributed by atoms with Crippen LogP contribution in [0.1, 0.15) is 6.42 Å². The van der Waals surface area contributed by atoms with Gasteiger partial charge in [0.2, 0.25) is 0 Å². The highest BCUT2D eigenvalue weighted by Crippen LogP contribution is 2.15. The molecule has 0 unspecified atom stereocenters. The van der Waals surface area contributed by atoms with Crippen LogP contribution in [-0.4, -0.2) is 6.54 Å². The molecule has 0 amide bonds. The smallest absolute Gasteiger partial charge is 0.106 e. The second-order valence-corrected chi connectivity index (χ2v) is 2.74. The van der Waals surface area contributed by atoms with Gasteiger partial charge in [0, 0.05) is 12.1 Å². The average Bonchev–Trinajstić information content (AvgIpc) is 2.03. The minimum absolute atomic E-state index is 0.687. The molecule has 0 aromatic rings. The fourth-order valence-corrected chi connectivity index (χ4v) is 1.09. The fourth-order valence-electron chi connectivity index (χ4n) is 0.800. The summed E-state index contributed by atoms with van der Waals surface area (Å²) in [5.41, 5.74) is 2.51. The second-order valence-electron chi connectivity index (χ2n) is 2.11. The van der Waals surface area contributed by atoms with Crippen LogP contribution in [0.4, 0.5) is 0 Å². The van der Waals surface area contributed by atoms with Crippen molar-refractivity contribution in [1.82, 2.24) is 5.32 Å². The van der Waals surface area contributed by atoms with E-state index >= 15 is 0 Å². The van der Waals surface area contributed by atoms with Gasteiger partial charge in [0.25, 0.3) is 0 Å². The van der Waals surface area contributed by atoms with Crippen molar-refractivity contribution in [2.24, 2.45) is 0 Å². The van der Waals surface area contributed by atoms with Gasteiger partial charge in [-0.2, -0.15) is 0 Å². The molecule has 1 aliphatic rings. The fraction of sp³-hybridized carbons (Fsp3) is 0.250. The Balaban J connectivity index is 2.60. The lowest BCUT2D eigenvalue weighted by atomic mass is 10.1. The molecule has 1 radical (unpaired) electrons. The van der Waals surface area contributed by atoms with E-state index in [0.29, 0.717) is 11.7 Å². The normalized spacial score (nSPS) is 17.6. The van der Waals surface area contributed by atoms with E-state index in [2.05, 4.69) is 11.4 Å². The largest absolute Gasteiger partial charge is 0.372 e. The van der Waals surface area contributed by atoms with E-state index in [0.717, 1.165) is 12.0 Å². The first-order valence-electron chi connectivity index (χ1n) is 3.29. The van der Waals surface area contributed by atoms with E-state index in [-0.39, 0.29) is 0 Å². The predicted octanol–water partition coefficient (Wildman–Crippen LogP) is 2.54. The number of hydrogen-bond acceptors (Lipinski definition) is 1. The molecule has 0 aromatic heterocycles. The molecule has 1 N–H and O–H groups in total. The highest BCUT2D eigenvalue weighted by molar-refractivity contribution is 6.29. The van der Waals surface area contributed by atoms with Crippen LogP contribution in [0.2, 0.25) is 0 Å². The Morgan fingerprint density at radius 2 is 2.55 bits per heavy atom. The molecule has 59 valence electrons. The van der Waals surface area contributed by atoms with Crippen LogP contribution < -0.4 is 5.32 Å². The molecule has 0 bridgehead atoms. The maximum Gasteiger partial charge on any atom is 0.106 e. The SMILES string of the molecule is Cl/C=C/CC1=C(Cl)NC[C]=C1. The van der Waals surface area contributed by atoms with Gasteiger partial charge in [-0.05, 0) is 18.1 Å². The van der Waals surface area contributed by atoms with Crippen LogP contribution in [0.5, 0.6) is 0 Å². The third-order valence-electron chi connectivity index (χ3n) is 1.33. The van der Waals surface area contributed by atoms with Crippen LogP contribution in [-0.2, 0) is 0 Å². The van der Waals surface area contributed by atoms with Gasteiger partial charge < -0.3 is 5.32 Å². The van der Waals surface area contributed by atoms with Crippen molar-refractivity contribution in [1.29, 1.82) is 0 Å². The summed E-state index contributed by atoms with van der Waals surface area (Å²) in [6, 6.07) is 0. The van der Waals surface area contributed by atoms with E-state index in [1.165, 1.54) is 5.54 Å². The van der Waals surface area contributed by atoms with E-state index in [1.54, 1.807) is 0 Å². The summed E-state index contributed by atoms with van der Waals surface area (Å²) in [6.45, 7) is 0.687. The standard InChI is InChI=1S/C8H8Cl2N/c9-5-1-3-7-4-2-6-11-8(7)10/h1,4-5,11H,3,6H2/b5-1+. The summed E-state index contributed by atoms with van der Waals surface area (Å²) >= 11 is 11.2. The molecule has 1 heterocycles. The van der Waals surface area contributed by atoms with Crippen molar-refractivity contribution in [2.45, 2.75) is 6.42 Å². The Morgan fingerprint density at radius 1 is 1.73 bits per heavy atom. The molecule has 1 rings (SSSR count). The molecule has 1 aliphatic heterocycles. The zero-order valence-corrected chi connectivity index (χ0v) is 7.41. The minimum Gasteiger partial charge on any atom is -0.372 e. The topological polar surface area (TPSA) is 12.0 Å². The van der Waals surface area contributed by atoms with Crippen LogP contribution >= 0.6 is 23.2 Å². The molecule has 11 heavy (non-hydrogen) atoms. The first-order valence-corrected chi connectivity index (χ1v) is 4.10. The maximum absolute atomic E-state index is 5.84. The first-order chi connectivity index (χ1) is 5.34. The molecule has 0 aliphatic carbocycles. The lowest BCUT2D eigenvalue weighted by molar-refractivity contribution is 0.904. The molecule has 0 atom stereocenters. The Hall–Kier alpha value is -0.400. The Morgan fingerprint density at radius 3 is 3.18 bits per heavy atom. The van der Waals surface area contributed by atoms with Gasteiger partial charge in [-0.1, -0.05) is 35.4 Å². The van der Waals surface area contributed by atoms with Crippen molar-refractivity contribution in [3.63, 3.8) is 0 Å². The third kappa shape index (κ3) is 2.60. The number of nitrogens with one attached hydrogen (secondary N) is 1. The minimum atomic E-state index is 0.687. The summed E-state index contributed by atoms with van der Waals surface area (Å²) in [7, 11) is 0. The lowest BCUT2D eigenvalue weighted by Gasteiger charge is -2.09. The molecule has 0 aromatic carbocycles. The highest BCUT2D eigenvalue weighted by atomic mass is 35.5. The van der Waals surface area contributed by atoms with Crippen LogP contribution in [0, 0.1) is 6.08 Å². The monoisotopic (exact) mass is 188 g/mol. The number of rotatable bonds is 2. The van der Waals surface area contributed by atoms with Gasteiger partial charge in [0.05, 0.1) is 0 Å². The van der Waals surface area contributed by atoms with Crippen LogP contribution in [0.3, 0.4) is 0 Å².